The molecule has 36 heavy (non-hydrogen) atoms. The first-order chi connectivity index (χ1) is 17.0. The van der Waals surface area contributed by atoms with Gasteiger partial charge in [0.15, 0.2) is 11.6 Å². The molecule has 2 aromatic carbocycles. The number of imidazole rings is 1. The molecule has 0 spiro atoms. The number of terminal acetylenes is 1. The van der Waals surface area contributed by atoms with Crippen LogP contribution in [0.4, 0.5) is 27.8 Å². The fourth-order valence-corrected chi connectivity index (χ4v) is 3.05. The minimum atomic E-state index is -4.80. The second-order valence-electron chi connectivity index (χ2n) is 6.85. The molecule has 2 amide bonds. The van der Waals surface area contributed by atoms with Crippen LogP contribution in [-0.2, 0) is 24.1 Å². The number of alkyl halides is 3. The van der Waals surface area contributed by atoms with E-state index in [0.717, 1.165) is 0 Å². The number of fused-ring (bicyclic) bond motifs is 1. The molecule has 0 radical (unpaired) electrons. The lowest BCUT2D eigenvalue weighted by molar-refractivity contribution is -0.137. The number of hydrogen-bond acceptors (Lipinski definition) is 3. The van der Waals surface area contributed by atoms with E-state index in [1.807, 2.05) is 13.8 Å². The number of benzene rings is 2. The first-order valence-corrected chi connectivity index (χ1v) is 10.8. The van der Waals surface area contributed by atoms with Crippen molar-refractivity contribution in [3.05, 3.63) is 81.8 Å². The summed E-state index contributed by atoms with van der Waals surface area (Å²) in [7, 11) is 0. The van der Waals surface area contributed by atoms with Gasteiger partial charge in [-0.2, -0.15) is 13.2 Å². The Morgan fingerprint density at radius 2 is 1.78 bits per heavy atom. The molecule has 0 saturated carbocycles. The first kappa shape index (κ1) is 28.3. The van der Waals surface area contributed by atoms with Gasteiger partial charge in [0.1, 0.15) is 18.2 Å². The zero-order valence-corrected chi connectivity index (χ0v) is 19.8. The monoisotopic (exact) mass is 526 g/mol. The number of nitrogens with zero attached hydrogens (tertiary/aromatic N) is 2. The minimum absolute atomic E-state index is 0.0132. The molecule has 1 aliphatic heterocycles. The van der Waals surface area contributed by atoms with E-state index in [9.17, 15) is 31.5 Å². The number of rotatable bonds is 2. The van der Waals surface area contributed by atoms with Crippen LogP contribution in [0.15, 0.2) is 42.5 Å². The van der Waals surface area contributed by atoms with Crippen LogP contribution in [0.2, 0.25) is 5.02 Å². The summed E-state index contributed by atoms with van der Waals surface area (Å²) in [5.41, 5.74) is -1.43. The number of nitrogens with one attached hydrogen (secondary N) is 2. The van der Waals surface area contributed by atoms with E-state index in [2.05, 4.69) is 21.5 Å². The van der Waals surface area contributed by atoms with Crippen LogP contribution in [-0.4, -0.2) is 21.4 Å². The Morgan fingerprint density at radius 3 is 2.33 bits per heavy atom. The summed E-state index contributed by atoms with van der Waals surface area (Å²) in [6, 6.07) is 7.17. The van der Waals surface area contributed by atoms with Crippen LogP contribution in [0, 0.1) is 24.0 Å². The van der Waals surface area contributed by atoms with Gasteiger partial charge in [0, 0.05) is 10.6 Å². The number of amides is 2. The lowest BCUT2D eigenvalue weighted by Crippen LogP contribution is -2.34. The summed E-state index contributed by atoms with van der Waals surface area (Å²) < 4.78 is 65.2. The van der Waals surface area contributed by atoms with Gasteiger partial charge in [0.05, 0.1) is 17.8 Å². The van der Waals surface area contributed by atoms with E-state index in [1.165, 1.54) is 28.8 Å². The molecule has 1 aromatic heterocycles. The number of aromatic nitrogens is 2. The van der Waals surface area contributed by atoms with E-state index in [1.54, 1.807) is 0 Å². The van der Waals surface area contributed by atoms with E-state index >= 15 is 0 Å². The van der Waals surface area contributed by atoms with E-state index in [0.29, 0.717) is 28.9 Å². The summed E-state index contributed by atoms with van der Waals surface area (Å²) in [4.78, 5) is 27.7. The van der Waals surface area contributed by atoms with Crippen molar-refractivity contribution in [1.82, 2.24) is 14.9 Å². The highest BCUT2D eigenvalue weighted by Gasteiger charge is 2.32. The van der Waals surface area contributed by atoms with Gasteiger partial charge in [0.25, 0.3) is 5.91 Å². The second kappa shape index (κ2) is 12.2. The fourth-order valence-electron chi connectivity index (χ4n) is 2.92. The molecule has 0 aliphatic carbocycles. The maximum atomic E-state index is 13.5. The molecule has 1 aliphatic rings. The van der Waals surface area contributed by atoms with E-state index in [-0.39, 0.29) is 36.5 Å². The molecule has 190 valence electrons. The third kappa shape index (κ3) is 7.29. The van der Waals surface area contributed by atoms with Crippen molar-refractivity contribution in [2.24, 2.45) is 0 Å². The van der Waals surface area contributed by atoms with Crippen molar-refractivity contribution in [3.63, 3.8) is 0 Å². The molecular weight excluding hydrogens is 507 g/mol. The maximum absolute atomic E-state index is 13.5. The number of hydrogen-bond donors (Lipinski definition) is 2. The molecule has 0 saturated heterocycles. The summed E-state index contributed by atoms with van der Waals surface area (Å²) in [6.45, 7) is 3.93. The van der Waals surface area contributed by atoms with E-state index < -0.39 is 29.0 Å². The number of anilines is 1. The van der Waals surface area contributed by atoms with Gasteiger partial charge in [-0.15, -0.1) is 6.42 Å². The van der Waals surface area contributed by atoms with Crippen LogP contribution in [0.25, 0.3) is 0 Å². The molecule has 0 fully saturated rings. The Balaban J connectivity index is 0.000000384. The Kier molecular flexibility index (Phi) is 9.58. The third-order valence-corrected chi connectivity index (χ3v) is 4.73. The van der Waals surface area contributed by atoms with Crippen molar-refractivity contribution < 1.29 is 31.5 Å². The molecule has 4 rings (SSSR count). The second-order valence-corrected chi connectivity index (χ2v) is 7.29. The van der Waals surface area contributed by atoms with E-state index in [4.69, 9.17) is 18.0 Å². The summed E-state index contributed by atoms with van der Waals surface area (Å²) in [5, 5.41) is 5.41. The standard InChI is InChI=1S/C16H10F4N4O2.C6H4ClF.C2H6/c1-2-12-22-14(11-6-21-13(25)7-24(11)12)23-15(26)8-3-9(16(18,19)20)5-10(17)4-8;7-5-1-3-6(8)4-2-5;1-2/h1,3-5H,6-7H2,(H,21,25)(H,23,26);1-4H;1-2H3. The van der Waals surface area contributed by atoms with Crippen LogP contribution < -0.4 is 10.6 Å². The van der Waals surface area contributed by atoms with Gasteiger partial charge in [-0.1, -0.05) is 25.4 Å². The van der Waals surface area contributed by atoms with Crippen LogP contribution in [0.5, 0.6) is 0 Å². The largest absolute Gasteiger partial charge is 0.416 e. The Labute approximate surface area is 208 Å². The topological polar surface area (TPSA) is 76.0 Å². The first-order valence-electron chi connectivity index (χ1n) is 10.4. The average molecular weight is 527 g/mol. The Morgan fingerprint density at radius 1 is 1.14 bits per heavy atom. The number of halogens is 6. The average Bonchev–Trinajstić information content (AvgIpc) is 3.18. The molecule has 2 heterocycles. The zero-order chi connectivity index (χ0) is 27.0. The van der Waals surface area contributed by atoms with Gasteiger partial charge in [-0.3, -0.25) is 9.59 Å². The highest BCUT2D eigenvalue weighted by atomic mass is 35.5. The molecule has 3 aromatic rings. The fraction of sp³-hybridized carbons (Fsp3) is 0.208. The number of carbonyl (C=O) groups excluding carboxylic acids is 2. The Hall–Kier alpha value is -3.91. The Bertz CT molecular complexity index is 1260. The van der Waals surface area contributed by atoms with Crippen LogP contribution in [0.3, 0.4) is 0 Å². The normalized spacial score (nSPS) is 12.0. The third-order valence-electron chi connectivity index (χ3n) is 4.48. The molecule has 6 nitrogen and oxygen atoms in total. The summed E-state index contributed by atoms with van der Waals surface area (Å²) in [6.07, 6.45) is 0.510. The highest BCUT2D eigenvalue weighted by molar-refractivity contribution is 6.30. The van der Waals surface area contributed by atoms with Gasteiger partial charge in [-0.25, -0.2) is 13.8 Å². The van der Waals surface area contributed by atoms with Crippen LogP contribution in [0.1, 0.15) is 41.3 Å². The summed E-state index contributed by atoms with van der Waals surface area (Å²) >= 11 is 5.44. The smallest absolute Gasteiger partial charge is 0.349 e. The van der Waals surface area contributed by atoms with Gasteiger partial charge >= 0.3 is 6.18 Å². The van der Waals surface area contributed by atoms with Gasteiger partial charge in [-0.05, 0) is 48.4 Å². The summed E-state index contributed by atoms with van der Waals surface area (Å²) in [5.74, 6) is -0.417. The predicted molar refractivity (Wildman–Crippen MR) is 124 cm³/mol. The number of carbonyl (C=O) groups is 2. The zero-order valence-electron chi connectivity index (χ0n) is 19.0. The molecule has 2 N–H and O–H groups in total. The van der Waals surface area contributed by atoms with Crippen molar-refractivity contribution in [3.8, 4) is 12.3 Å². The van der Waals surface area contributed by atoms with Crippen molar-refractivity contribution in [2.45, 2.75) is 33.1 Å². The molecule has 0 bridgehead atoms. The molecule has 12 heteroatoms. The minimum Gasteiger partial charge on any atom is -0.349 e. The van der Waals surface area contributed by atoms with Crippen molar-refractivity contribution >= 4 is 29.2 Å². The molecular formula is C24H20ClF5N4O2. The molecule has 0 atom stereocenters. The lowest BCUT2D eigenvalue weighted by Gasteiger charge is -2.17. The maximum Gasteiger partial charge on any atom is 0.416 e. The van der Waals surface area contributed by atoms with Gasteiger partial charge < -0.3 is 15.2 Å². The lowest BCUT2D eigenvalue weighted by atomic mass is 10.1. The molecule has 0 unspecified atom stereocenters. The van der Waals surface area contributed by atoms with Crippen molar-refractivity contribution in [1.29, 1.82) is 0 Å². The predicted octanol–water partition coefficient (Wildman–Crippen LogP) is 5.41. The quantitative estimate of drug-likeness (QED) is 0.346. The van der Waals surface area contributed by atoms with Gasteiger partial charge in [0.2, 0.25) is 5.91 Å². The van der Waals surface area contributed by atoms with Crippen molar-refractivity contribution in [2.75, 3.05) is 5.32 Å². The van der Waals surface area contributed by atoms with Crippen LogP contribution >= 0.6 is 11.6 Å². The SMILES string of the molecule is C#Cc1nc(NC(=O)c2cc(F)cc(C(F)(F)F)c2)c2n1CC(=O)NC2.CC.Fc1ccc(Cl)cc1. The highest BCUT2D eigenvalue weighted by Crippen LogP contribution is 2.30.